The number of sulfonamides is 1. The Bertz CT molecular complexity index is 1100. The minimum Gasteiger partial charge on any atom is -0.348 e. The minimum absolute atomic E-state index is 0.0895. The Morgan fingerprint density at radius 2 is 1.57 bits per heavy atom. The Morgan fingerprint density at radius 3 is 2.17 bits per heavy atom. The van der Waals surface area contributed by atoms with Crippen LogP contribution in [0.15, 0.2) is 83.8 Å². The monoisotopic (exact) mass is 426 g/mol. The molecule has 0 aliphatic heterocycles. The fourth-order valence-electron chi connectivity index (χ4n) is 3.00. The van der Waals surface area contributed by atoms with E-state index in [-0.39, 0.29) is 10.9 Å². The Kier molecular flexibility index (Phi) is 6.52. The van der Waals surface area contributed by atoms with Gasteiger partial charge in [-0.2, -0.15) is 0 Å². The van der Waals surface area contributed by atoms with Crippen molar-refractivity contribution in [3.05, 3.63) is 95.8 Å². The quantitative estimate of drug-likeness (QED) is 0.616. The van der Waals surface area contributed by atoms with Crippen LogP contribution in [0.2, 0.25) is 0 Å². The largest absolute Gasteiger partial charge is 0.348 e. The van der Waals surface area contributed by atoms with Gasteiger partial charge in [0.1, 0.15) is 12.4 Å². The molecule has 0 spiro atoms. The van der Waals surface area contributed by atoms with Crippen LogP contribution in [0.25, 0.3) is 0 Å². The number of nitrogens with zero attached hydrogens (tertiary/aromatic N) is 1. The van der Waals surface area contributed by atoms with Crippen LogP contribution < -0.4 is 9.62 Å². The zero-order chi connectivity index (χ0) is 21.7. The summed E-state index contributed by atoms with van der Waals surface area (Å²) in [7, 11) is -4.07. The molecule has 156 valence electrons. The number of carbonyl (C=O) groups is 1. The second kappa shape index (κ2) is 9.09. The fourth-order valence-corrected chi connectivity index (χ4v) is 4.42. The summed E-state index contributed by atoms with van der Waals surface area (Å²) in [6.45, 7) is 3.31. The molecule has 0 unspecified atom stereocenters. The molecular weight excluding hydrogens is 403 g/mol. The third-order valence-electron chi connectivity index (χ3n) is 4.69. The summed E-state index contributed by atoms with van der Waals surface area (Å²) in [5.74, 6) is -0.983. The predicted molar refractivity (Wildman–Crippen MR) is 115 cm³/mol. The van der Waals surface area contributed by atoms with E-state index in [9.17, 15) is 17.6 Å². The highest BCUT2D eigenvalue weighted by molar-refractivity contribution is 7.92. The summed E-state index contributed by atoms with van der Waals surface area (Å²) in [6.07, 6.45) is 0. The molecule has 0 bridgehead atoms. The Hall–Kier alpha value is -3.19. The summed E-state index contributed by atoms with van der Waals surface area (Å²) in [4.78, 5) is 12.6. The number of nitrogens with one attached hydrogen (secondary N) is 1. The van der Waals surface area contributed by atoms with Gasteiger partial charge in [-0.3, -0.25) is 9.10 Å². The standard InChI is InChI=1S/C23H23FN2O3S/c1-17-8-12-21(13-9-17)26(30(28,29)22-14-10-20(24)11-15-22)16-23(27)25-18(2)19-6-4-3-5-7-19/h3-15,18H,16H2,1-2H3,(H,25,27)/t18-/m1/s1. The zero-order valence-electron chi connectivity index (χ0n) is 16.7. The van der Waals surface area contributed by atoms with E-state index in [4.69, 9.17) is 0 Å². The first-order valence-electron chi connectivity index (χ1n) is 9.46. The number of carbonyl (C=O) groups excluding carboxylic acids is 1. The molecule has 1 N–H and O–H groups in total. The summed E-state index contributed by atoms with van der Waals surface area (Å²) in [6, 6.07) is 20.5. The number of hydrogen-bond acceptors (Lipinski definition) is 3. The van der Waals surface area contributed by atoms with Crippen LogP contribution in [0.4, 0.5) is 10.1 Å². The van der Waals surface area contributed by atoms with Gasteiger partial charge < -0.3 is 5.32 Å². The van der Waals surface area contributed by atoms with Crippen molar-refractivity contribution in [3.63, 3.8) is 0 Å². The third-order valence-corrected chi connectivity index (χ3v) is 6.48. The van der Waals surface area contributed by atoms with Crippen molar-refractivity contribution in [1.82, 2.24) is 5.32 Å². The van der Waals surface area contributed by atoms with Crippen LogP contribution in [0, 0.1) is 12.7 Å². The van der Waals surface area contributed by atoms with E-state index in [2.05, 4.69) is 5.32 Å². The number of benzene rings is 3. The van der Waals surface area contributed by atoms with Gasteiger partial charge in [-0.15, -0.1) is 0 Å². The van der Waals surface area contributed by atoms with E-state index in [1.807, 2.05) is 44.2 Å². The SMILES string of the molecule is Cc1ccc(N(CC(=O)N[C@H](C)c2ccccc2)S(=O)(=O)c2ccc(F)cc2)cc1. The lowest BCUT2D eigenvalue weighted by atomic mass is 10.1. The summed E-state index contributed by atoms with van der Waals surface area (Å²) < 4.78 is 40.8. The summed E-state index contributed by atoms with van der Waals surface area (Å²) >= 11 is 0. The van der Waals surface area contributed by atoms with Gasteiger partial charge in [0, 0.05) is 0 Å². The van der Waals surface area contributed by atoms with E-state index in [0.29, 0.717) is 5.69 Å². The zero-order valence-corrected chi connectivity index (χ0v) is 17.6. The van der Waals surface area contributed by atoms with Crippen molar-refractivity contribution < 1.29 is 17.6 Å². The molecule has 3 aromatic carbocycles. The van der Waals surface area contributed by atoms with Gasteiger partial charge >= 0.3 is 0 Å². The van der Waals surface area contributed by atoms with E-state index in [1.165, 1.54) is 12.1 Å². The molecule has 3 rings (SSSR count). The van der Waals surface area contributed by atoms with Crippen molar-refractivity contribution >= 4 is 21.6 Å². The smallest absolute Gasteiger partial charge is 0.264 e. The van der Waals surface area contributed by atoms with Crippen molar-refractivity contribution in [3.8, 4) is 0 Å². The van der Waals surface area contributed by atoms with Crippen LogP contribution in [0.1, 0.15) is 24.1 Å². The average Bonchev–Trinajstić information content (AvgIpc) is 2.73. The van der Waals surface area contributed by atoms with Gasteiger partial charge in [-0.05, 0) is 55.8 Å². The normalized spacial score (nSPS) is 12.2. The second-order valence-corrected chi connectivity index (χ2v) is 8.86. The van der Waals surface area contributed by atoms with Crippen LogP contribution in [0.3, 0.4) is 0 Å². The topological polar surface area (TPSA) is 66.5 Å². The first-order valence-corrected chi connectivity index (χ1v) is 10.9. The Labute approximate surface area is 176 Å². The van der Waals surface area contributed by atoms with Gasteiger partial charge in [-0.25, -0.2) is 12.8 Å². The molecule has 0 radical (unpaired) electrons. The van der Waals surface area contributed by atoms with Gasteiger partial charge in [0.25, 0.3) is 10.0 Å². The lowest BCUT2D eigenvalue weighted by Gasteiger charge is -2.25. The van der Waals surface area contributed by atoms with Gasteiger partial charge in [0.15, 0.2) is 0 Å². The molecule has 7 heteroatoms. The van der Waals surface area contributed by atoms with Crippen molar-refractivity contribution in [2.75, 3.05) is 10.8 Å². The molecular formula is C23H23FN2O3S. The number of aryl methyl sites for hydroxylation is 1. The number of hydrogen-bond donors (Lipinski definition) is 1. The molecule has 0 heterocycles. The Morgan fingerprint density at radius 1 is 0.967 bits per heavy atom. The van der Waals surface area contributed by atoms with Crippen molar-refractivity contribution in [2.24, 2.45) is 0 Å². The average molecular weight is 427 g/mol. The molecule has 0 aliphatic rings. The molecule has 0 saturated carbocycles. The van der Waals surface area contributed by atoms with Crippen LogP contribution in [-0.2, 0) is 14.8 Å². The van der Waals surface area contributed by atoms with E-state index in [1.54, 1.807) is 24.3 Å². The lowest BCUT2D eigenvalue weighted by Crippen LogP contribution is -2.41. The highest BCUT2D eigenvalue weighted by atomic mass is 32.2. The highest BCUT2D eigenvalue weighted by Gasteiger charge is 2.27. The Balaban J connectivity index is 1.89. The van der Waals surface area contributed by atoms with Gasteiger partial charge in [0.2, 0.25) is 5.91 Å². The molecule has 1 amide bonds. The van der Waals surface area contributed by atoms with E-state index >= 15 is 0 Å². The summed E-state index contributed by atoms with van der Waals surface area (Å²) in [5.41, 5.74) is 2.22. The first kappa shape index (κ1) is 21.5. The molecule has 0 saturated heterocycles. The second-order valence-electron chi connectivity index (χ2n) is 7.00. The number of halogens is 1. The fraction of sp³-hybridized carbons (Fsp3) is 0.174. The minimum atomic E-state index is -4.07. The third kappa shape index (κ3) is 5.04. The maximum atomic E-state index is 13.3. The van der Waals surface area contributed by atoms with E-state index < -0.39 is 28.3 Å². The molecule has 0 fully saturated rings. The molecule has 0 aromatic heterocycles. The van der Waals surface area contributed by atoms with E-state index in [0.717, 1.165) is 27.6 Å². The molecule has 3 aromatic rings. The molecule has 1 atom stereocenters. The van der Waals surface area contributed by atoms with Crippen molar-refractivity contribution in [2.45, 2.75) is 24.8 Å². The van der Waals surface area contributed by atoms with Crippen LogP contribution in [0.5, 0.6) is 0 Å². The number of rotatable bonds is 7. The number of anilines is 1. The predicted octanol–water partition coefficient (Wildman–Crippen LogP) is 4.21. The lowest BCUT2D eigenvalue weighted by molar-refractivity contribution is -0.120. The molecule has 5 nitrogen and oxygen atoms in total. The van der Waals surface area contributed by atoms with Crippen molar-refractivity contribution in [1.29, 1.82) is 0 Å². The van der Waals surface area contributed by atoms with Crippen LogP contribution in [-0.4, -0.2) is 20.9 Å². The van der Waals surface area contributed by atoms with Crippen LogP contribution >= 0.6 is 0 Å². The molecule has 0 aliphatic carbocycles. The number of amides is 1. The first-order chi connectivity index (χ1) is 14.3. The summed E-state index contributed by atoms with van der Waals surface area (Å²) in [5, 5.41) is 2.84. The molecule has 30 heavy (non-hydrogen) atoms. The maximum absolute atomic E-state index is 13.3. The highest BCUT2D eigenvalue weighted by Crippen LogP contribution is 2.24. The maximum Gasteiger partial charge on any atom is 0.264 e. The van der Waals surface area contributed by atoms with Gasteiger partial charge in [-0.1, -0.05) is 48.0 Å². The van der Waals surface area contributed by atoms with Gasteiger partial charge in [0.05, 0.1) is 16.6 Å².